The van der Waals surface area contributed by atoms with Gasteiger partial charge in [0, 0.05) is 23.0 Å². The van der Waals surface area contributed by atoms with Crippen LogP contribution < -0.4 is 10.0 Å². The lowest BCUT2D eigenvalue weighted by molar-refractivity contribution is -0.255. The number of amides is 3. The van der Waals surface area contributed by atoms with Gasteiger partial charge in [0.25, 0.3) is 5.91 Å². The third kappa shape index (κ3) is 3.23. The lowest BCUT2D eigenvalue weighted by Crippen LogP contribution is -2.44. The molecule has 1 fully saturated rings. The first-order valence-corrected chi connectivity index (χ1v) is 12.0. The van der Waals surface area contributed by atoms with Crippen LogP contribution in [0.4, 0.5) is 10.5 Å². The van der Waals surface area contributed by atoms with Crippen molar-refractivity contribution in [3.8, 4) is 0 Å². The number of benzene rings is 3. The Morgan fingerprint density at radius 2 is 1.67 bits per heavy atom. The second-order valence-electron chi connectivity index (χ2n) is 9.70. The first kappa shape index (κ1) is 22.1. The molecule has 4 aromatic rings. The van der Waals surface area contributed by atoms with Crippen LogP contribution in [-0.2, 0) is 11.2 Å². The van der Waals surface area contributed by atoms with Gasteiger partial charge in [0.2, 0.25) is 0 Å². The molecule has 1 N–H and O–H groups in total. The Bertz CT molecular complexity index is 1520. The van der Waals surface area contributed by atoms with Gasteiger partial charge in [-0.25, -0.2) is 9.69 Å². The van der Waals surface area contributed by atoms with Crippen LogP contribution in [0.5, 0.6) is 0 Å². The molecule has 0 bridgehead atoms. The number of aromatic amines is 1. The van der Waals surface area contributed by atoms with Crippen LogP contribution in [0.3, 0.4) is 0 Å². The number of rotatable bonds is 4. The molecule has 0 aliphatic carbocycles. The highest BCUT2D eigenvalue weighted by Crippen LogP contribution is 2.45. The average molecular weight is 479 g/mol. The highest BCUT2D eigenvalue weighted by molar-refractivity contribution is 6.22. The number of aromatic carboxylic acids is 1. The number of hydrogen-bond donors (Lipinski definition) is 1. The van der Waals surface area contributed by atoms with Crippen LogP contribution in [-0.4, -0.2) is 33.8 Å². The van der Waals surface area contributed by atoms with Gasteiger partial charge in [-0.1, -0.05) is 68.4 Å². The summed E-state index contributed by atoms with van der Waals surface area (Å²) in [6.07, 6.45) is 0.401. The average Bonchev–Trinajstić information content (AvgIpc) is 3.37. The fourth-order valence-corrected chi connectivity index (χ4v) is 5.47. The van der Waals surface area contributed by atoms with Gasteiger partial charge in [-0.2, -0.15) is 0 Å². The molecule has 1 aromatic heterocycles. The second-order valence-corrected chi connectivity index (χ2v) is 9.70. The largest absolute Gasteiger partial charge is 0.545 e. The molecule has 3 heterocycles. The number of anilines is 1. The number of H-pyrrole nitrogens is 1. The molecule has 7 heteroatoms. The zero-order chi connectivity index (χ0) is 25.1. The first-order valence-electron chi connectivity index (χ1n) is 12.0. The lowest BCUT2D eigenvalue weighted by Gasteiger charge is -2.36. The molecule has 3 aromatic carbocycles. The molecule has 1 saturated heterocycles. The van der Waals surface area contributed by atoms with E-state index in [1.807, 2.05) is 36.4 Å². The van der Waals surface area contributed by atoms with E-state index in [4.69, 9.17) is 0 Å². The number of carbonyl (C=O) groups is 3. The van der Waals surface area contributed by atoms with Gasteiger partial charge in [0.15, 0.2) is 0 Å². The highest BCUT2D eigenvalue weighted by Gasteiger charge is 2.53. The van der Waals surface area contributed by atoms with Gasteiger partial charge in [0.05, 0.1) is 11.7 Å². The molecular weight excluding hydrogens is 454 g/mol. The summed E-state index contributed by atoms with van der Waals surface area (Å²) in [4.78, 5) is 45.0. The van der Waals surface area contributed by atoms with Crippen LogP contribution in [0, 0.1) is 0 Å². The molecule has 7 nitrogen and oxygen atoms in total. The van der Waals surface area contributed by atoms with Crippen molar-refractivity contribution in [1.29, 1.82) is 0 Å². The van der Waals surface area contributed by atoms with Crippen LogP contribution in [0.15, 0.2) is 72.8 Å². The van der Waals surface area contributed by atoms with Gasteiger partial charge >= 0.3 is 6.03 Å². The van der Waals surface area contributed by atoms with Crippen molar-refractivity contribution in [2.45, 2.75) is 38.3 Å². The number of carboxylic acid groups (broad SMARTS) is 1. The van der Waals surface area contributed by atoms with Crippen LogP contribution >= 0.6 is 0 Å². The Morgan fingerprint density at radius 1 is 0.972 bits per heavy atom. The van der Waals surface area contributed by atoms with E-state index >= 15 is 0 Å². The summed E-state index contributed by atoms with van der Waals surface area (Å²) in [6, 6.07) is 20.3. The van der Waals surface area contributed by atoms with Crippen LogP contribution in [0.25, 0.3) is 10.9 Å². The van der Waals surface area contributed by atoms with E-state index in [1.54, 1.807) is 4.90 Å². The smallest absolute Gasteiger partial charge is 0.332 e. The Kier molecular flexibility index (Phi) is 4.96. The van der Waals surface area contributed by atoms with Crippen molar-refractivity contribution >= 4 is 34.5 Å². The van der Waals surface area contributed by atoms with Crippen molar-refractivity contribution in [3.05, 3.63) is 101 Å². The monoisotopic (exact) mass is 478 g/mol. The molecule has 6 rings (SSSR count). The van der Waals surface area contributed by atoms with Crippen LogP contribution in [0.1, 0.15) is 58.5 Å². The Morgan fingerprint density at radius 3 is 2.33 bits per heavy atom. The first-order chi connectivity index (χ1) is 17.3. The molecule has 3 amide bonds. The van der Waals surface area contributed by atoms with Gasteiger partial charge in [-0.05, 0) is 46.4 Å². The molecule has 2 atom stereocenters. The van der Waals surface area contributed by atoms with E-state index < -0.39 is 24.1 Å². The van der Waals surface area contributed by atoms with Gasteiger partial charge < -0.3 is 14.9 Å². The summed E-state index contributed by atoms with van der Waals surface area (Å²) in [5.41, 5.74) is 5.38. The Balaban J connectivity index is 1.49. The summed E-state index contributed by atoms with van der Waals surface area (Å²) in [7, 11) is 0. The minimum atomic E-state index is -1.31. The maximum atomic E-state index is 13.8. The van der Waals surface area contributed by atoms with Gasteiger partial charge in [-0.3, -0.25) is 9.69 Å². The van der Waals surface area contributed by atoms with Gasteiger partial charge in [0.1, 0.15) is 12.1 Å². The number of carbonyl (C=O) groups excluding carboxylic acids is 3. The van der Waals surface area contributed by atoms with E-state index in [1.165, 1.54) is 29.8 Å². The Labute approximate surface area is 208 Å². The van der Waals surface area contributed by atoms with E-state index in [2.05, 4.69) is 31.0 Å². The number of para-hydroxylation sites is 1. The molecule has 180 valence electrons. The highest BCUT2D eigenvalue weighted by atomic mass is 16.4. The molecule has 0 unspecified atom stereocenters. The number of nitrogens with zero attached hydrogens (tertiary/aromatic N) is 2. The maximum Gasteiger partial charge on any atom is 0.332 e. The predicted molar refractivity (Wildman–Crippen MR) is 134 cm³/mol. The summed E-state index contributed by atoms with van der Waals surface area (Å²) in [6.45, 7) is 4.27. The quantitative estimate of drug-likeness (QED) is 0.446. The summed E-state index contributed by atoms with van der Waals surface area (Å²) in [5, 5.41) is 12.2. The molecule has 0 radical (unpaired) electrons. The molecule has 36 heavy (non-hydrogen) atoms. The number of aromatic nitrogens is 1. The van der Waals surface area contributed by atoms with E-state index in [-0.39, 0.29) is 11.5 Å². The standard InChI is InChI=1S/C29H25N3O4/c1-16(2)17-7-9-18(10-8-17)26-25-22(21-5-3-4-6-23(21)30-25)15-24-27(33)31(29(36)32(24)26)20-13-11-19(12-14-20)28(34)35/h3-14,16,24,26,30H,15H2,1-2H3,(H,34,35)/p-1/t24-,26+/m0/s1. The van der Waals surface area contributed by atoms with Gasteiger partial charge in [-0.15, -0.1) is 0 Å². The maximum absolute atomic E-state index is 13.8. The molecule has 0 saturated carbocycles. The third-order valence-electron chi connectivity index (χ3n) is 7.33. The summed E-state index contributed by atoms with van der Waals surface area (Å²) in [5.74, 6) is -1.26. The van der Waals surface area contributed by atoms with E-state index in [0.29, 0.717) is 18.0 Å². The SMILES string of the molecule is CC(C)c1ccc([C@@H]2c3[nH]c4ccccc4c3C[C@H]3C(=O)N(c4ccc(C(=O)[O-])cc4)C(=O)N23)cc1. The minimum Gasteiger partial charge on any atom is -0.545 e. The molecular formula is C29H24N3O4-. The summed E-state index contributed by atoms with van der Waals surface area (Å²) >= 11 is 0. The number of fused-ring (bicyclic) bond motifs is 4. The van der Waals surface area contributed by atoms with E-state index in [9.17, 15) is 19.5 Å². The topological polar surface area (TPSA) is 96.5 Å². The number of nitrogens with one attached hydrogen (secondary N) is 1. The minimum absolute atomic E-state index is 0.0138. The zero-order valence-corrected chi connectivity index (χ0v) is 19.9. The van der Waals surface area contributed by atoms with Crippen molar-refractivity contribution in [2.24, 2.45) is 0 Å². The van der Waals surface area contributed by atoms with E-state index in [0.717, 1.165) is 32.6 Å². The van der Waals surface area contributed by atoms with Crippen molar-refractivity contribution in [3.63, 3.8) is 0 Å². The molecule has 0 spiro atoms. The molecule has 2 aliphatic heterocycles. The zero-order valence-electron chi connectivity index (χ0n) is 19.9. The number of carboxylic acids is 1. The predicted octanol–water partition coefficient (Wildman–Crippen LogP) is 4.14. The number of hydrogen-bond acceptors (Lipinski definition) is 4. The van der Waals surface area contributed by atoms with Crippen molar-refractivity contribution < 1.29 is 19.5 Å². The Hall–Kier alpha value is -4.39. The van der Waals surface area contributed by atoms with Crippen LogP contribution in [0.2, 0.25) is 0 Å². The second kappa shape index (κ2) is 8.09. The normalized spacial score (nSPS) is 19.2. The van der Waals surface area contributed by atoms with Crippen molar-refractivity contribution in [2.75, 3.05) is 4.90 Å². The summed E-state index contributed by atoms with van der Waals surface area (Å²) < 4.78 is 0. The fourth-order valence-electron chi connectivity index (χ4n) is 5.47. The number of urea groups is 1. The van der Waals surface area contributed by atoms with Crippen molar-refractivity contribution in [1.82, 2.24) is 9.88 Å². The number of imide groups is 1. The molecule has 2 aliphatic rings. The lowest BCUT2D eigenvalue weighted by atomic mass is 9.88. The fraction of sp³-hybridized carbons (Fsp3) is 0.207. The third-order valence-corrected chi connectivity index (χ3v) is 7.33.